The molecule has 4 nitrogen and oxygen atoms in total. The van der Waals surface area contributed by atoms with Crippen molar-refractivity contribution in [1.82, 2.24) is 9.71 Å². The van der Waals surface area contributed by atoms with E-state index in [1.54, 1.807) is 18.6 Å². The van der Waals surface area contributed by atoms with Crippen LogP contribution < -0.4 is 4.72 Å². The Kier molecular flexibility index (Phi) is 4.02. The van der Waals surface area contributed by atoms with E-state index in [0.29, 0.717) is 0 Å². The molecule has 1 aliphatic heterocycles. The average Bonchev–Trinajstić information content (AvgIpc) is 2.86. The summed E-state index contributed by atoms with van der Waals surface area (Å²) in [6.45, 7) is 2.08. The molecule has 0 aliphatic carbocycles. The van der Waals surface area contributed by atoms with Crippen molar-refractivity contribution < 1.29 is 4.74 Å². The molecule has 0 radical (unpaired) electrons. The van der Waals surface area contributed by atoms with Crippen LogP contribution >= 0.6 is 12.1 Å². The van der Waals surface area contributed by atoms with Crippen LogP contribution in [0.25, 0.3) is 0 Å². The van der Waals surface area contributed by atoms with E-state index in [9.17, 15) is 0 Å². The molecule has 0 saturated carbocycles. The van der Waals surface area contributed by atoms with Crippen molar-refractivity contribution in [1.29, 1.82) is 0 Å². The second-order valence-corrected chi connectivity index (χ2v) is 4.13. The minimum atomic E-state index is -0.756. The molecule has 0 amide bonds. The number of pyridine rings is 1. The smallest absolute Gasteiger partial charge is 0.244 e. The zero-order valence-electron chi connectivity index (χ0n) is 9.51. The van der Waals surface area contributed by atoms with Gasteiger partial charge in [-0.05, 0) is 18.6 Å². The van der Waals surface area contributed by atoms with Crippen LogP contribution in [0.15, 0.2) is 28.9 Å². The van der Waals surface area contributed by atoms with Crippen LogP contribution in [0.1, 0.15) is 25.3 Å². The summed E-state index contributed by atoms with van der Waals surface area (Å²) in [5.41, 5.74) is 0.181. The average molecular weight is 247 g/mol. The number of rotatable bonds is 3. The maximum atomic E-state index is 5.61. The van der Waals surface area contributed by atoms with Gasteiger partial charge >= 0.3 is 0 Å². The van der Waals surface area contributed by atoms with Crippen LogP contribution in [-0.2, 0) is 10.5 Å². The molecule has 2 heterocycles. The van der Waals surface area contributed by atoms with Gasteiger partial charge in [0.25, 0.3) is 0 Å². The van der Waals surface area contributed by atoms with Gasteiger partial charge in [-0.2, -0.15) is 4.72 Å². The van der Waals surface area contributed by atoms with E-state index in [4.69, 9.17) is 4.74 Å². The highest BCUT2D eigenvalue weighted by atomic mass is 32.2. The quantitative estimate of drug-likeness (QED) is 0.657. The van der Waals surface area contributed by atoms with Gasteiger partial charge in [0, 0.05) is 24.4 Å². The number of unbranched alkanes of at least 4 members (excludes halogenated alkanes) is 1. The number of hydrogen-bond acceptors (Lipinski definition) is 5. The van der Waals surface area contributed by atoms with Gasteiger partial charge in [0.05, 0.1) is 18.3 Å². The van der Waals surface area contributed by atoms with E-state index >= 15 is 0 Å². The summed E-state index contributed by atoms with van der Waals surface area (Å²) in [4.78, 5) is 3.99. The zero-order chi connectivity index (χ0) is 12.0. The van der Waals surface area contributed by atoms with Crippen LogP contribution in [0, 0.1) is 12.0 Å². The fourth-order valence-corrected chi connectivity index (χ4v) is 1.95. The van der Waals surface area contributed by atoms with Gasteiger partial charge in [0.15, 0.2) is 0 Å². The molecule has 0 fully saturated rings. The fraction of sp³-hybridized carbons (Fsp3) is 0.333. The fourth-order valence-electron chi connectivity index (χ4n) is 1.35. The molecule has 0 spiro atoms. The summed E-state index contributed by atoms with van der Waals surface area (Å²) in [6.07, 6.45) is 9.74. The molecule has 0 aromatic carbocycles. The molecule has 2 rings (SSSR count). The van der Waals surface area contributed by atoms with Gasteiger partial charge in [0.2, 0.25) is 5.72 Å². The lowest BCUT2D eigenvalue weighted by molar-refractivity contribution is 0.105. The maximum Gasteiger partial charge on any atom is 0.244 e. The van der Waals surface area contributed by atoms with Gasteiger partial charge in [-0.1, -0.05) is 12.8 Å². The number of hydrogen-bond donors (Lipinski definition) is 1. The first kappa shape index (κ1) is 12.0. The van der Waals surface area contributed by atoms with Gasteiger partial charge in [0.1, 0.15) is 6.11 Å². The Hall–Kier alpha value is -1.51. The van der Waals surface area contributed by atoms with E-state index in [-0.39, 0.29) is 0 Å². The summed E-state index contributed by atoms with van der Waals surface area (Å²) < 4.78 is 12.8. The summed E-state index contributed by atoms with van der Waals surface area (Å²) in [6, 6.07) is 3.76. The summed E-state index contributed by atoms with van der Waals surface area (Å²) in [5, 5.41) is 0. The van der Waals surface area contributed by atoms with E-state index < -0.39 is 5.72 Å². The lowest BCUT2D eigenvalue weighted by atomic mass is 10.1. The van der Waals surface area contributed by atoms with Crippen molar-refractivity contribution in [2.75, 3.05) is 0 Å². The second kappa shape index (κ2) is 5.71. The third-order valence-corrected chi connectivity index (χ3v) is 2.86. The third-order valence-electron chi connectivity index (χ3n) is 2.25. The topological polar surface area (TPSA) is 46.5 Å². The molecule has 1 N–H and O–H groups in total. The molecule has 1 aromatic heterocycles. The molecule has 0 saturated heterocycles. The molecule has 1 aliphatic rings. The van der Waals surface area contributed by atoms with Crippen LogP contribution in [0.4, 0.5) is 0 Å². The Morgan fingerprint density at radius 3 is 2.94 bits per heavy atom. The Morgan fingerprint density at radius 1 is 1.47 bits per heavy atom. The van der Waals surface area contributed by atoms with Crippen molar-refractivity contribution in [2.24, 2.45) is 4.40 Å². The standard InChI is InChI=1S/C12H13N3OS/c1-2-3-4-9-16-12(10-14-17-15-12)11-5-7-13-8-6-11/h5-8,10,15H,2-3H2,1H3. The summed E-state index contributed by atoms with van der Waals surface area (Å²) in [7, 11) is 0. The van der Waals surface area contributed by atoms with Crippen molar-refractivity contribution in [3.63, 3.8) is 0 Å². The molecule has 17 heavy (non-hydrogen) atoms. The lowest BCUT2D eigenvalue weighted by Crippen LogP contribution is -2.38. The number of nitrogens with one attached hydrogen (secondary N) is 1. The Morgan fingerprint density at radius 2 is 2.29 bits per heavy atom. The molecule has 1 aromatic rings. The van der Waals surface area contributed by atoms with Crippen molar-refractivity contribution >= 4 is 18.3 Å². The summed E-state index contributed by atoms with van der Waals surface area (Å²) in [5.74, 6) is 2.96. The molecule has 5 heteroatoms. The van der Waals surface area contributed by atoms with Crippen LogP contribution in [0.5, 0.6) is 0 Å². The monoisotopic (exact) mass is 247 g/mol. The lowest BCUT2D eigenvalue weighted by Gasteiger charge is -2.23. The number of nitrogens with zero attached hydrogens (tertiary/aromatic N) is 2. The number of ether oxygens (including phenoxy) is 1. The zero-order valence-corrected chi connectivity index (χ0v) is 10.3. The highest BCUT2D eigenvalue weighted by molar-refractivity contribution is 7.96. The first-order valence-electron chi connectivity index (χ1n) is 5.41. The van der Waals surface area contributed by atoms with E-state index in [2.05, 4.69) is 33.1 Å². The van der Waals surface area contributed by atoms with Gasteiger partial charge in [-0.25, -0.2) is 4.40 Å². The maximum absolute atomic E-state index is 5.61. The van der Waals surface area contributed by atoms with Crippen molar-refractivity contribution in [3.05, 3.63) is 30.1 Å². The van der Waals surface area contributed by atoms with Gasteiger partial charge in [-0.15, -0.1) is 0 Å². The van der Waals surface area contributed by atoms with Crippen LogP contribution in [0.2, 0.25) is 0 Å². The van der Waals surface area contributed by atoms with Crippen molar-refractivity contribution in [2.45, 2.75) is 25.5 Å². The minimum Gasteiger partial charge on any atom is -0.412 e. The van der Waals surface area contributed by atoms with E-state index in [1.165, 1.54) is 12.1 Å². The van der Waals surface area contributed by atoms with Crippen LogP contribution in [-0.4, -0.2) is 11.2 Å². The van der Waals surface area contributed by atoms with Gasteiger partial charge in [-0.3, -0.25) is 4.98 Å². The molecular formula is C12H13N3OS. The summed E-state index contributed by atoms with van der Waals surface area (Å²) >= 11 is 1.25. The first-order valence-corrected chi connectivity index (χ1v) is 6.19. The predicted molar refractivity (Wildman–Crippen MR) is 68.9 cm³/mol. The molecule has 1 unspecified atom stereocenters. The number of aromatic nitrogens is 1. The normalized spacial score (nSPS) is 21.9. The minimum absolute atomic E-state index is 0.756. The Balaban J connectivity index is 2.17. The Labute approximate surface area is 105 Å². The van der Waals surface area contributed by atoms with Crippen molar-refractivity contribution in [3.8, 4) is 12.0 Å². The molecular weight excluding hydrogens is 234 g/mol. The molecule has 88 valence electrons. The second-order valence-electron chi connectivity index (χ2n) is 3.53. The highest BCUT2D eigenvalue weighted by Crippen LogP contribution is 2.28. The largest absolute Gasteiger partial charge is 0.412 e. The Bertz CT molecular complexity index is 452. The highest BCUT2D eigenvalue weighted by Gasteiger charge is 2.35. The molecule has 1 atom stereocenters. The van der Waals surface area contributed by atoms with E-state index in [0.717, 1.165) is 18.4 Å². The predicted octanol–water partition coefficient (Wildman–Crippen LogP) is 2.25. The third kappa shape index (κ3) is 2.78. The molecule has 0 bridgehead atoms. The first-order chi connectivity index (χ1) is 8.37. The SMILES string of the molecule is CCCC#COC1(c2ccncc2)C=NSN1. The van der Waals surface area contributed by atoms with Gasteiger partial charge < -0.3 is 4.74 Å². The van der Waals surface area contributed by atoms with Crippen LogP contribution in [0.3, 0.4) is 0 Å². The van der Waals surface area contributed by atoms with E-state index in [1.807, 2.05) is 12.1 Å².